The molecule has 0 atom stereocenters. The molecular weight excluding hydrogens is 284 g/mol. The number of fused-ring (bicyclic) bond motifs is 1. The molecule has 5 heteroatoms. The molecule has 3 aromatic rings. The van der Waals surface area contributed by atoms with Crippen LogP contribution < -0.4 is 5.32 Å². The first-order valence-electron chi connectivity index (χ1n) is 6.55. The number of pyridine rings is 1. The van der Waals surface area contributed by atoms with Crippen LogP contribution in [0, 0.1) is 18.3 Å². The number of anilines is 1. The molecule has 1 N–H and O–H groups in total. The molecular formula is C16H13ClN4. The number of rotatable bonds is 3. The minimum absolute atomic E-state index is 0.467. The Hall–Kier alpha value is -2.51. The van der Waals surface area contributed by atoms with Gasteiger partial charge in [0.25, 0.3) is 0 Å². The highest BCUT2D eigenvalue weighted by molar-refractivity contribution is 6.31. The van der Waals surface area contributed by atoms with Gasteiger partial charge in [-0.25, -0.2) is 4.98 Å². The molecule has 0 saturated heterocycles. The van der Waals surface area contributed by atoms with Gasteiger partial charge in [0.15, 0.2) is 0 Å². The molecule has 0 spiro atoms. The van der Waals surface area contributed by atoms with Crippen molar-refractivity contribution in [3.63, 3.8) is 0 Å². The number of imidazole rings is 1. The van der Waals surface area contributed by atoms with Crippen molar-refractivity contribution in [1.29, 1.82) is 5.26 Å². The standard InChI is InChI=1S/C16H13ClN4/c1-11-15(21-7-3-2-4-16(21)20-11)10-19-13-5-6-14(17)12(8-13)9-18/h2-8,19H,10H2,1H3. The van der Waals surface area contributed by atoms with Crippen molar-refractivity contribution < 1.29 is 0 Å². The maximum atomic E-state index is 9.00. The van der Waals surface area contributed by atoms with Crippen LogP contribution in [-0.4, -0.2) is 9.38 Å². The molecule has 2 aromatic heterocycles. The quantitative estimate of drug-likeness (QED) is 0.800. The number of nitriles is 1. The van der Waals surface area contributed by atoms with Crippen LogP contribution in [0.4, 0.5) is 5.69 Å². The van der Waals surface area contributed by atoms with Crippen LogP contribution in [0.5, 0.6) is 0 Å². The summed E-state index contributed by atoms with van der Waals surface area (Å²) in [4.78, 5) is 4.52. The van der Waals surface area contributed by atoms with Gasteiger partial charge in [-0.1, -0.05) is 17.7 Å². The number of benzene rings is 1. The van der Waals surface area contributed by atoms with Crippen molar-refractivity contribution in [1.82, 2.24) is 9.38 Å². The second-order valence-electron chi connectivity index (χ2n) is 4.73. The Balaban J connectivity index is 1.87. The third kappa shape index (κ3) is 2.56. The molecule has 0 unspecified atom stereocenters. The lowest BCUT2D eigenvalue weighted by molar-refractivity contribution is 0.987. The van der Waals surface area contributed by atoms with Crippen molar-refractivity contribution in [3.8, 4) is 6.07 Å². The first-order valence-corrected chi connectivity index (χ1v) is 6.93. The largest absolute Gasteiger partial charge is 0.379 e. The lowest BCUT2D eigenvalue weighted by atomic mass is 10.2. The molecule has 104 valence electrons. The van der Waals surface area contributed by atoms with Gasteiger partial charge in [0, 0.05) is 11.9 Å². The average molecular weight is 297 g/mol. The van der Waals surface area contributed by atoms with Gasteiger partial charge >= 0.3 is 0 Å². The topological polar surface area (TPSA) is 53.1 Å². The fourth-order valence-electron chi connectivity index (χ4n) is 2.28. The maximum Gasteiger partial charge on any atom is 0.137 e. The van der Waals surface area contributed by atoms with E-state index in [1.807, 2.05) is 37.4 Å². The summed E-state index contributed by atoms with van der Waals surface area (Å²) in [6.45, 7) is 2.62. The van der Waals surface area contributed by atoms with Gasteiger partial charge in [-0.2, -0.15) is 5.26 Å². The Labute approximate surface area is 127 Å². The van der Waals surface area contributed by atoms with Crippen molar-refractivity contribution in [2.45, 2.75) is 13.5 Å². The Morgan fingerprint density at radius 1 is 1.33 bits per heavy atom. The van der Waals surface area contributed by atoms with Gasteiger partial charge in [0.1, 0.15) is 11.7 Å². The van der Waals surface area contributed by atoms with Gasteiger partial charge in [0.2, 0.25) is 0 Å². The molecule has 0 amide bonds. The van der Waals surface area contributed by atoms with Crippen LogP contribution in [0.1, 0.15) is 17.0 Å². The van der Waals surface area contributed by atoms with E-state index in [0.29, 0.717) is 17.1 Å². The van der Waals surface area contributed by atoms with Crippen molar-refractivity contribution in [3.05, 3.63) is 64.6 Å². The zero-order valence-corrected chi connectivity index (χ0v) is 12.2. The minimum atomic E-state index is 0.467. The molecule has 0 fully saturated rings. The number of aromatic nitrogens is 2. The fourth-order valence-corrected chi connectivity index (χ4v) is 2.44. The van der Waals surface area contributed by atoms with E-state index in [-0.39, 0.29) is 0 Å². The predicted molar refractivity (Wildman–Crippen MR) is 83.4 cm³/mol. The summed E-state index contributed by atoms with van der Waals surface area (Å²) in [5, 5.41) is 12.8. The normalized spacial score (nSPS) is 10.5. The first kappa shape index (κ1) is 13.5. The highest BCUT2D eigenvalue weighted by Gasteiger charge is 2.08. The van der Waals surface area contributed by atoms with Crippen LogP contribution in [0.2, 0.25) is 5.02 Å². The van der Waals surface area contributed by atoms with E-state index >= 15 is 0 Å². The Kier molecular flexibility index (Phi) is 3.51. The molecule has 0 aliphatic heterocycles. The summed E-state index contributed by atoms with van der Waals surface area (Å²) < 4.78 is 2.06. The zero-order chi connectivity index (χ0) is 14.8. The van der Waals surface area contributed by atoms with E-state index in [4.69, 9.17) is 16.9 Å². The monoisotopic (exact) mass is 296 g/mol. The van der Waals surface area contributed by atoms with E-state index in [0.717, 1.165) is 22.7 Å². The zero-order valence-electron chi connectivity index (χ0n) is 11.5. The van der Waals surface area contributed by atoms with Crippen molar-refractivity contribution >= 4 is 22.9 Å². The Morgan fingerprint density at radius 3 is 3.00 bits per heavy atom. The number of nitrogens with zero attached hydrogens (tertiary/aromatic N) is 3. The van der Waals surface area contributed by atoms with E-state index in [2.05, 4.69) is 20.8 Å². The Morgan fingerprint density at radius 2 is 2.19 bits per heavy atom. The molecule has 3 rings (SSSR count). The van der Waals surface area contributed by atoms with Gasteiger partial charge in [0.05, 0.1) is 28.5 Å². The summed E-state index contributed by atoms with van der Waals surface area (Å²) in [5.41, 5.74) is 4.35. The van der Waals surface area contributed by atoms with Crippen LogP contribution in [0.25, 0.3) is 5.65 Å². The second kappa shape index (κ2) is 5.47. The van der Waals surface area contributed by atoms with E-state index < -0.39 is 0 Å². The fraction of sp³-hybridized carbons (Fsp3) is 0.125. The maximum absolute atomic E-state index is 9.00. The van der Waals surface area contributed by atoms with Crippen LogP contribution >= 0.6 is 11.6 Å². The summed E-state index contributed by atoms with van der Waals surface area (Å²) in [7, 11) is 0. The summed E-state index contributed by atoms with van der Waals surface area (Å²) in [6, 6.07) is 13.3. The molecule has 0 saturated carbocycles. The molecule has 2 heterocycles. The molecule has 4 nitrogen and oxygen atoms in total. The molecule has 21 heavy (non-hydrogen) atoms. The molecule has 1 aromatic carbocycles. The van der Waals surface area contributed by atoms with E-state index in [9.17, 15) is 0 Å². The summed E-state index contributed by atoms with van der Waals surface area (Å²) >= 11 is 5.94. The smallest absolute Gasteiger partial charge is 0.137 e. The van der Waals surface area contributed by atoms with Gasteiger partial charge in [-0.15, -0.1) is 0 Å². The van der Waals surface area contributed by atoms with Gasteiger partial charge in [-0.3, -0.25) is 0 Å². The molecule has 0 aliphatic rings. The Bertz CT molecular complexity index is 845. The summed E-state index contributed by atoms with van der Waals surface area (Å²) in [5.74, 6) is 0. The van der Waals surface area contributed by atoms with E-state index in [1.165, 1.54) is 0 Å². The van der Waals surface area contributed by atoms with Crippen LogP contribution in [0.3, 0.4) is 0 Å². The van der Waals surface area contributed by atoms with Gasteiger partial charge in [-0.05, 0) is 37.3 Å². The lowest BCUT2D eigenvalue weighted by Gasteiger charge is -2.08. The predicted octanol–water partition coefficient (Wildman–Crippen LogP) is 3.78. The van der Waals surface area contributed by atoms with E-state index in [1.54, 1.807) is 12.1 Å². The molecule has 0 bridgehead atoms. The lowest BCUT2D eigenvalue weighted by Crippen LogP contribution is -2.04. The minimum Gasteiger partial charge on any atom is -0.379 e. The second-order valence-corrected chi connectivity index (χ2v) is 5.14. The van der Waals surface area contributed by atoms with Crippen LogP contribution in [-0.2, 0) is 6.54 Å². The third-order valence-electron chi connectivity index (χ3n) is 3.38. The van der Waals surface area contributed by atoms with Crippen molar-refractivity contribution in [2.75, 3.05) is 5.32 Å². The first-order chi connectivity index (χ1) is 10.2. The van der Waals surface area contributed by atoms with Gasteiger partial charge < -0.3 is 9.72 Å². The third-order valence-corrected chi connectivity index (χ3v) is 3.71. The number of hydrogen-bond donors (Lipinski definition) is 1. The number of aryl methyl sites for hydroxylation is 1. The SMILES string of the molecule is Cc1nc2ccccn2c1CNc1ccc(Cl)c(C#N)c1. The highest BCUT2D eigenvalue weighted by Crippen LogP contribution is 2.21. The van der Waals surface area contributed by atoms with Crippen molar-refractivity contribution in [2.24, 2.45) is 0 Å². The average Bonchev–Trinajstić information content (AvgIpc) is 2.82. The molecule has 0 radical (unpaired) electrons. The molecule has 0 aliphatic carbocycles. The number of hydrogen-bond acceptors (Lipinski definition) is 3. The highest BCUT2D eigenvalue weighted by atomic mass is 35.5. The number of nitrogens with one attached hydrogen (secondary N) is 1. The van der Waals surface area contributed by atoms with Crippen LogP contribution in [0.15, 0.2) is 42.6 Å². The number of halogens is 1. The summed E-state index contributed by atoms with van der Waals surface area (Å²) in [6.07, 6.45) is 1.99.